The van der Waals surface area contributed by atoms with Gasteiger partial charge in [-0.15, -0.1) is 6.58 Å². The van der Waals surface area contributed by atoms with Gasteiger partial charge in [-0.3, -0.25) is 0 Å². The van der Waals surface area contributed by atoms with E-state index in [0.29, 0.717) is 17.5 Å². The summed E-state index contributed by atoms with van der Waals surface area (Å²) in [7, 11) is 1.24. The molecule has 0 spiro atoms. The average Bonchev–Trinajstić information content (AvgIpc) is 2.63. The van der Waals surface area contributed by atoms with Crippen LogP contribution < -0.4 is 15.1 Å². The van der Waals surface area contributed by atoms with Gasteiger partial charge < -0.3 is 4.44 Å². The zero-order chi connectivity index (χ0) is 17.5. The van der Waals surface area contributed by atoms with Crippen LogP contribution in [0.15, 0.2) is 91.5 Å². The van der Waals surface area contributed by atoms with E-state index < -0.39 is 0 Å². The van der Waals surface area contributed by atoms with Gasteiger partial charge in [-0.1, -0.05) is 78.9 Å². The van der Waals surface area contributed by atoms with E-state index in [9.17, 15) is 0 Å². The largest absolute Gasteiger partial charge is 0.326 e. The average molecular weight is 363 g/mol. The molecular formula is C22H23NP2. The molecule has 0 aliphatic rings. The molecular weight excluding hydrogens is 340 g/mol. The molecule has 3 aromatic rings. The molecule has 0 bridgehead atoms. The van der Waals surface area contributed by atoms with Crippen LogP contribution in [0.3, 0.4) is 0 Å². The van der Waals surface area contributed by atoms with Gasteiger partial charge in [-0.25, -0.2) is 0 Å². The number of hydrogen-bond acceptors (Lipinski definition) is 1. The van der Waals surface area contributed by atoms with Crippen molar-refractivity contribution in [1.82, 2.24) is 0 Å². The molecule has 3 aromatic carbocycles. The van der Waals surface area contributed by atoms with Crippen molar-refractivity contribution in [3.63, 3.8) is 0 Å². The summed E-state index contributed by atoms with van der Waals surface area (Å²) >= 11 is 0. The van der Waals surface area contributed by atoms with Gasteiger partial charge in [0.05, 0.1) is 0 Å². The summed E-state index contributed by atoms with van der Waals surface area (Å²) < 4.78 is 2.51. The van der Waals surface area contributed by atoms with Gasteiger partial charge in [0.25, 0.3) is 0 Å². The van der Waals surface area contributed by atoms with E-state index in [1.165, 1.54) is 27.4 Å². The molecule has 3 rings (SSSR count). The van der Waals surface area contributed by atoms with Crippen LogP contribution in [0.2, 0.25) is 0 Å². The second kappa shape index (κ2) is 8.95. The monoisotopic (exact) mass is 363 g/mol. The third-order valence-electron chi connectivity index (χ3n) is 3.91. The highest BCUT2D eigenvalue weighted by Crippen LogP contribution is 2.39. The van der Waals surface area contributed by atoms with E-state index >= 15 is 0 Å². The first-order valence-corrected chi connectivity index (χ1v) is 10.3. The fraction of sp³-hybridized carbons (Fsp3) is 0.0909. The Kier molecular flexibility index (Phi) is 6.40. The molecule has 0 fully saturated rings. The third kappa shape index (κ3) is 5.02. The lowest BCUT2D eigenvalue weighted by Crippen LogP contribution is -2.12. The molecule has 0 radical (unpaired) electrons. The summed E-state index contributed by atoms with van der Waals surface area (Å²) in [5.41, 5.74) is 3.96. The Morgan fingerprint density at radius 1 is 0.840 bits per heavy atom. The Labute approximate surface area is 154 Å². The number of benzene rings is 3. The Balaban J connectivity index is 1.91. The Bertz CT molecular complexity index is 774. The van der Waals surface area contributed by atoms with Crippen LogP contribution in [-0.4, -0.2) is 0 Å². The number of nitrogens with zero attached hydrogens (tertiary/aromatic N) is 1. The second-order valence-electron chi connectivity index (χ2n) is 5.90. The smallest absolute Gasteiger partial charge is 0.0464 e. The van der Waals surface area contributed by atoms with Crippen LogP contribution >= 0.6 is 17.5 Å². The van der Waals surface area contributed by atoms with Gasteiger partial charge in [-0.05, 0) is 41.1 Å². The van der Waals surface area contributed by atoms with Crippen LogP contribution in [-0.2, 0) is 6.42 Å². The fourth-order valence-electron chi connectivity index (χ4n) is 2.69. The molecule has 2 unspecified atom stereocenters. The van der Waals surface area contributed by atoms with Crippen molar-refractivity contribution in [1.29, 1.82) is 0 Å². The highest BCUT2D eigenvalue weighted by atomic mass is 31.1. The molecule has 0 saturated heterocycles. The topological polar surface area (TPSA) is 3.24 Å². The van der Waals surface area contributed by atoms with Crippen molar-refractivity contribution >= 4 is 33.8 Å². The molecule has 0 heterocycles. The van der Waals surface area contributed by atoms with E-state index in [-0.39, 0.29) is 0 Å². The first-order chi connectivity index (χ1) is 12.3. The van der Waals surface area contributed by atoms with Crippen LogP contribution in [0.1, 0.15) is 11.1 Å². The van der Waals surface area contributed by atoms with E-state index in [2.05, 4.69) is 96.8 Å². The summed E-state index contributed by atoms with van der Waals surface area (Å²) in [6, 6.07) is 28.2. The first-order valence-electron chi connectivity index (χ1n) is 8.40. The Morgan fingerprint density at radius 3 is 1.88 bits per heavy atom. The SMILES string of the molecule is C=CCc1ccc(N(Pc2ccccc2)Pc2ccccc2)c(C)c1. The molecule has 0 aromatic heterocycles. The third-order valence-corrected chi connectivity index (χ3v) is 6.69. The molecule has 25 heavy (non-hydrogen) atoms. The van der Waals surface area contributed by atoms with E-state index in [1.807, 2.05) is 6.08 Å². The number of hydrogen-bond donors (Lipinski definition) is 0. The van der Waals surface area contributed by atoms with Crippen molar-refractivity contribution < 1.29 is 0 Å². The predicted molar refractivity (Wildman–Crippen MR) is 116 cm³/mol. The Morgan fingerprint density at radius 2 is 1.40 bits per heavy atom. The van der Waals surface area contributed by atoms with Crippen molar-refractivity contribution in [2.24, 2.45) is 0 Å². The molecule has 0 amide bonds. The summed E-state index contributed by atoms with van der Waals surface area (Å²) in [4.78, 5) is 0. The van der Waals surface area contributed by atoms with Gasteiger partial charge in [-0.2, -0.15) is 0 Å². The molecule has 1 nitrogen and oxygen atoms in total. The zero-order valence-corrected chi connectivity index (χ0v) is 16.4. The maximum Gasteiger partial charge on any atom is 0.0464 e. The molecule has 3 heteroatoms. The summed E-state index contributed by atoms with van der Waals surface area (Å²) in [5, 5.41) is 2.72. The minimum absolute atomic E-state index is 0.618. The standard InChI is InChI=1S/C22H23NP2/c1-3-10-19-15-16-22(18(2)17-19)23(24-20-11-6-4-7-12-20)25-21-13-8-5-9-14-21/h3-9,11-17,24-25H,1,10H2,2H3. The molecule has 0 aliphatic heterocycles. The maximum absolute atomic E-state index is 3.85. The van der Waals surface area contributed by atoms with Crippen LogP contribution in [0.5, 0.6) is 0 Å². The lowest BCUT2D eigenvalue weighted by molar-refractivity contribution is 1.25. The van der Waals surface area contributed by atoms with Gasteiger partial charge in [0.1, 0.15) is 0 Å². The van der Waals surface area contributed by atoms with Gasteiger partial charge in [0, 0.05) is 23.2 Å². The molecule has 0 N–H and O–H groups in total. The van der Waals surface area contributed by atoms with E-state index in [1.54, 1.807) is 0 Å². The van der Waals surface area contributed by atoms with Crippen molar-refractivity contribution in [2.75, 3.05) is 4.44 Å². The second-order valence-corrected chi connectivity index (χ2v) is 8.85. The predicted octanol–water partition coefficient (Wildman–Crippen LogP) is 5.37. The molecule has 0 saturated carbocycles. The quantitative estimate of drug-likeness (QED) is 0.403. The van der Waals surface area contributed by atoms with E-state index in [0.717, 1.165) is 6.42 Å². The number of aryl methyl sites for hydroxylation is 1. The van der Waals surface area contributed by atoms with Crippen LogP contribution in [0.4, 0.5) is 5.69 Å². The van der Waals surface area contributed by atoms with Crippen molar-refractivity contribution in [3.8, 4) is 0 Å². The van der Waals surface area contributed by atoms with Crippen molar-refractivity contribution in [2.45, 2.75) is 13.3 Å². The fourth-order valence-corrected chi connectivity index (χ4v) is 5.63. The highest BCUT2D eigenvalue weighted by molar-refractivity contribution is 7.67. The minimum atomic E-state index is 0.618. The summed E-state index contributed by atoms with van der Waals surface area (Å²) in [6.07, 6.45) is 2.88. The Hall–Kier alpha value is -1.94. The summed E-state index contributed by atoms with van der Waals surface area (Å²) in [6.45, 7) is 6.06. The number of allylic oxidation sites excluding steroid dienone is 1. The van der Waals surface area contributed by atoms with E-state index in [4.69, 9.17) is 0 Å². The van der Waals surface area contributed by atoms with Crippen LogP contribution in [0.25, 0.3) is 0 Å². The normalized spacial score (nSPS) is 11.4. The maximum atomic E-state index is 3.85. The minimum Gasteiger partial charge on any atom is -0.326 e. The van der Waals surface area contributed by atoms with Crippen LogP contribution in [0, 0.1) is 6.92 Å². The number of anilines is 1. The molecule has 0 aliphatic carbocycles. The lowest BCUT2D eigenvalue weighted by Gasteiger charge is -2.26. The zero-order valence-electron chi connectivity index (χ0n) is 14.4. The van der Waals surface area contributed by atoms with Gasteiger partial charge in [0.15, 0.2) is 0 Å². The highest BCUT2D eigenvalue weighted by Gasteiger charge is 2.12. The summed E-state index contributed by atoms with van der Waals surface area (Å²) in [5.74, 6) is 0. The van der Waals surface area contributed by atoms with Gasteiger partial charge >= 0.3 is 0 Å². The number of rotatable bonds is 7. The molecule has 126 valence electrons. The first kappa shape index (κ1) is 17.9. The van der Waals surface area contributed by atoms with Gasteiger partial charge in [0.2, 0.25) is 0 Å². The molecule has 2 atom stereocenters. The lowest BCUT2D eigenvalue weighted by atomic mass is 10.1. The van der Waals surface area contributed by atoms with Crippen molar-refractivity contribution in [3.05, 3.63) is 103 Å².